The van der Waals surface area contributed by atoms with Crippen LogP contribution in [-0.2, 0) is 13.2 Å². The third kappa shape index (κ3) is 3.42. The zero-order chi connectivity index (χ0) is 14.8. The molecular weight excluding hydrogens is 266 g/mol. The number of ether oxygens (including phenoxy) is 1. The lowest BCUT2D eigenvalue weighted by Gasteiger charge is -2.14. The predicted molar refractivity (Wildman–Crippen MR) is 79.1 cm³/mol. The van der Waals surface area contributed by atoms with Crippen LogP contribution >= 0.6 is 0 Å². The SMILES string of the molecule is Cc1cc(CNC2CC2)cc(C)c1OCc1nonc1C. The van der Waals surface area contributed by atoms with Gasteiger partial charge in [-0.15, -0.1) is 0 Å². The van der Waals surface area contributed by atoms with Crippen molar-refractivity contribution in [3.8, 4) is 5.75 Å². The first-order valence-corrected chi connectivity index (χ1v) is 7.38. The fourth-order valence-electron chi connectivity index (χ4n) is 2.44. The molecule has 1 aromatic heterocycles. The Balaban J connectivity index is 1.68. The molecule has 0 amide bonds. The van der Waals surface area contributed by atoms with Gasteiger partial charge in [0.1, 0.15) is 23.7 Å². The fourth-order valence-corrected chi connectivity index (χ4v) is 2.44. The van der Waals surface area contributed by atoms with Crippen LogP contribution in [0.25, 0.3) is 0 Å². The van der Waals surface area contributed by atoms with Crippen LogP contribution in [-0.4, -0.2) is 16.4 Å². The van der Waals surface area contributed by atoms with Gasteiger partial charge >= 0.3 is 0 Å². The van der Waals surface area contributed by atoms with Gasteiger partial charge in [0.25, 0.3) is 0 Å². The van der Waals surface area contributed by atoms with Gasteiger partial charge in [0.05, 0.1) is 0 Å². The second-order valence-electron chi connectivity index (χ2n) is 5.80. The van der Waals surface area contributed by atoms with E-state index in [-0.39, 0.29) is 0 Å². The van der Waals surface area contributed by atoms with Gasteiger partial charge in [-0.1, -0.05) is 22.4 Å². The van der Waals surface area contributed by atoms with Crippen molar-refractivity contribution in [1.29, 1.82) is 0 Å². The molecule has 1 heterocycles. The van der Waals surface area contributed by atoms with Gasteiger partial charge in [0.15, 0.2) is 0 Å². The van der Waals surface area contributed by atoms with Crippen molar-refractivity contribution in [2.45, 2.75) is 52.8 Å². The standard InChI is InChI=1S/C16H21N3O2/c1-10-6-13(8-17-14-4-5-14)7-11(2)16(10)20-9-15-12(3)18-21-19-15/h6-7,14,17H,4-5,8-9H2,1-3H3. The normalized spacial score (nSPS) is 14.4. The summed E-state index contributed by atoms with van der Waals surface area (Å²) in [6, 6.07) is 5.10. The van der Waals surface area contributed by atoms with Gasteiger partial charge in [0.2, 0.25) is 0 Å². The smallest absolute Gasteiger partial charge is 0.145 e. The van der Waals surface area contributed by atoms with Gasteiger partial charge in [0, 0.05) is 12.6 Å². The molecule has 0 atom stereocenters. The molecule has 2 aromatic rings. The lowest BCUT2D eigenvalue weighted by atomic mass is 10.1. The van der Waals surface area contributed by atoms with Gasteiger partial charge in [-0.2, -0.15) is 0 Å². The van der Waals surface area contributed by atoms with Crippen LogP contribution in [0.1, 0.15) is 40.9 Å². The van der Waals surface area contributed by atoms with Crippen molar-refractivity contribution in [3.05, 3.63) is 40.2 Å². The molecule has 5 heteroatoms. The number of nitrogens with one attached hydrogen (secondary N) is 1. The van der Waals surface area contributed by atoms with E-state index in [1.807, 2.05) is 6.92 Å². The molecule has 1 fully saturated rings. The number of hydrogen-bond donors (Lipinski definition) is 1. The van der Waals surface area contributed by atoms with E-state index in [4.69, 9.17) is 4.74 Å². The minimum absolute atomic E-state index is 0.386. The molecule has 3 rings (SSSR count). The Morgan fingerprint density at radius 2 is 1.90 bits per heavy atom. The third-order valence-corrected chi connectivity index (χ3v) is 3.79. The topological polar surface area (TPSA) is 60.2 Å². The summed E-state index contributed by atoms with van der Waals surface area (Å²) >= 11 is 0. The van der Waals surface area contributed by atoms with E-state index in [2.05, 4.69) is 46.2 Å². The van der Waals surface area contributed by atoms with Gasteiger partial charge < -0.3 is 10.1 Å². The van der Waals surface area contributed by atoms with Crippen LogP contribution in [0.15, 0.2) is 16.8 Å². The summed E-state index contributed by atoms with van der Waals surface area (Å²) < 4.78 is 10.6. The largest absolute Gasteiger partial charge is 0.487 e. The highest BCUT2D eigenvalue weighted by atomic mass is 16.6. The van der Waals surface area contributed by atoms with E-state index in [1.165, 1.54) is 18.4 Å². The highest BCUT2D eigenvalue weighted by Gasteiger charge is 2.20. The Bertz CT molecular complexity index is 609. The van der Waals surface area contributed by atoms with Crippen LogP contribution in [0, 0.1) is 20.8 Å². The maximum absolute atomic E-state index is 5.90. The molecule has 0 spiro atoms. The van der Waals surface area contributed by atoms with Crippen molar-refractivity contribution < 1.29 is 9.37 Å². The van der Waals surface area contributed by atoms with E-state index in [9.17, 15) is 0 Å². The predicted octanol–water partition coefficient (Wildman–Crippen LogP) is 2.83. The number of hydrogen-bond acceptors (Lipinski definition) is 5. The molecular formula is C16H21N3O2. The average Bonchev–Trinajstić information content (AvgIpc) is 3.18. The first-order valence-electron chi connectivity index (χ1n) is 7.38. The highest BCUT2D eigenvalue weighted by Crippen LogP contribution is 2.26. The maximum Gasteiger partial charge on any atom is 0.145 e. The summed E-state index contributed by atoms with van der Waals surface area (Å²) in [6.07, 6.45) is 2.62. The first-order chi connectivity index (χ1) is 10.1. The minimum Gasteiger partial charge on any atom is -0.487 e. The molecule has 0 aliphatic heterocycles. The van der Waals surface area contributed by atoms with Crippen LogP contribution in [0.2, 0.25) is 0 Å². The molecule has 5 nitrogen and oxygen atoms in total. The zero-order valence-electron chi connectivity index (χ0n) is 12.8. The van der Waals surface area contributed by atoms with Gasteiger partial charge in [-0.25, -0.2) is 4.63 Å². The molecule has 21 heavy (non-hydrogen) atoms. The number of aromatic nitrogens is 2. The number of benzene rings is 1. The fraction of sp³-hybridized carbons (Fsp3) is 0.500. The Kier molecular flexibility index (Phi) is 3.92. The number of rotatable bonds is 6. The van der Waals surface area contributed by atoms with E-state index >= 15 is 0 Å². The lowest BCUT2D eigenvalue weighted by molar-refractivity contribution is 0.268. The summed E-state index contributed by atoms with van der Waals surface area (Å²) in [6.45, 7) is 7.34. The second-order valence-corrected chi connectivity index (χ2v) is 5.80. The Morgan fingerprint density at radius 3 is 2.48 bits per heavy atom. The molecule has 0 saturated heterocycles. The van der Waals surface area contributed by atoms with Crippen LogP contribution in [0.4, 0.5) is 0 Å². The van der Waals surface area contributed by atoms with E-state index in [1.54, 1.807) is 0 Å². The Labute approximate surface area is 124 Å². The van der Waals surface area contributed by atoms with Gasteiger partial charge in [-0.3, -0.25) is 0 Å². The Hall–Kier alpha value is -1.88. The van der Waals surface area contributed by atoms with Crippen molar-refractivity contribution >= 4 is 0 Å². The number of nitrogens with zero attached hydrogens (tertiary/aromatic N) is 2. The molecule has 0 radical (unpaired) electrons. The molecule has 1 N–H and O–H groups in total. The van der Waals surface area contributed by atoms with E-state index in [0.717, 1.165) is 40.9 Å². The second kappa shape index (κ2) is 5.85. The summed E-state index contributed by atoms with van der Waals surface area (Å²) in [5.74, 6) is 0.924. The molecule has 1 saturated carbocycles. The summed E-state index contributed by atoms with van der Waals surface area (Å²) in [4.78, 5) is 0. The van der Waals surface area contributed by atoms with Crippen molar-refractivity contribution in [2.24, 2.45) is 0 Å². The van der Waals surface area contributed by atoms with E-state index in [0.29, 0.717) is 6.61 Å². The molecule has 112 valence electrons. The van der Waals surface area contributed by atoms with Crippen LogP contribution < -0.4 is 10.1 Å². The molecule has 1 aliphatic rings. The summed E-state index contributed by atoms with van der Waals surface area (Å²) in [5, 5.41) is 11.1. The van der Waals surface area contributed by atoms with Crippen molar-refractivity contribution in [2.75, 3.05) is 0 Å². The first kappa shape index (κ1) is 14.1. The van der Waals surface area contributed by atoms with Gasteiger partial charge in [-0.05, 0) is 50.3 Å². The minimum atomic E-state index is 0.386. The molecule has 0 bridgehead atoms. The van der Waals surface area contributed by atoms with Crippen molar-refractivity contribution in [3.63, 3.8) is 0 Å². The molecule has 0 unspecified atom stereocenters. The van der Waals surface area contributed by atoms with Crippen molar-refractivity contribution in [1.82, 2.24) is 15.6 Å². The summed E-state index contributed by atoms with van der Waals surface area (Å²) in [5.41, 5.74) is 5.13. The molecule has 1 aliphatic carbocycles. The lowest BCUT2D eigenvalue weighted by Crippen LogP contribution is -2.15. The highest BCUT2D eigenvalue weighted by molar-refractivity contribution is 5.43. The average molecular weight is 287 g/mol. The third-order valence-electron chi connectivity index (χ3n) is 3.79. The molecule has 1 aromatic carbocycles. The quantitative estimate of drug-likeness (QED) is 0.885. The van der Waals surface area contributed by atoms with E-state index < -0.39 is 0 Å². The van der Waals surface area contributed by atoms with Crippen LogP contribution in [0.5, 0.6) is 5.75 Å². The zero-order valence-corrected chi connectivity index (χ0v) is 12.8. The summed E-state index contributed by atoms with van der Waals surface area (Å²) in [7, 11) is 0. The van der Waals surface area contributed by atoms with Crippen LogP contribution in [0.3, 0.4) is 0 Å². The maximum atomic E-state index is 5.90. The number of aryl methyl sites for hydroxylation is 3. The monoisotopic (exact) mass is 287 g/mol. The Morgan fingerprint density at radius 1 is 1.19 bits per heavy atom.